The smallest absolute Gasteiger partial charge is 0.240 e. The largest absolute Gasteiger partial charge is 0.497 e. The number of fused-ring (bicyclic) bond motifs is 1. The fourth-order valence-corrected chi connectivity index (χ4v) is 5.67. The average Bonchev–Trinajstić information content (AvgIpc) is 2.92. The molecular formula is C27H31N5O4S. The number of anilines is 2. The Morgan fingerprint density at radius 3 is 2.30 bits per heavy atom. The number of aliphatic hydroxyl groups is 1. The van der Waals surface area contributed by atoms with Gasteiger partial charge in [0.2, 0.25) is 5.88 Å². The maximum atomic E-state index is 14.1. The van der Waals surface area contributed by atoms with E-state index in [9.17, 15) is 9.32 Å². The lowest BCUT2D eigenvalue weighted by atomic mass is 10.1. The Labute approximate surface area is 217 Å². The molecule has 3 N–H and O–H groups in total. The van der Waals surface area contributed by atoms with Gasteiger partial charge in [-0.25, -0.2) is 18.3 Å². The predicted molar refractivity (Wildman–Crippen MR) is 146 cm³/mol. The van der Waals surface area contributed by atoms with Gasteiger partial charge in [0.05, 0.1) is 31.3 Å². The van der Waals surface area contributed by atoms with Crippen LogP contribution in [-0.4, -0.2) is 46.2 Å². The SMILES string of the molecule is COc1ccc([C@@H](C)N=S(=O)(NC[C@@H](C)O)c2ccc(Nc3ccnc4c(OC)nccc34)cc2)cc1. The highest BCUT2D eigenvalue weighted by Gasteiger charge is 2.17. The molecular weight excluding hydrogens is 490 g/mol. The van der Waals surface area contributed by atoms with E-state index >= 15 is 0 Å². The van der Waals surface area contributed by atoms with Crippen molar-refractivity contribution in [3.8, 4) is 11.6 Å². The Morgan fingerprint density at radius 1 is 0.946 bits per heavy atom. The molecule has 0 saturated carbocycles. The van der Waals surface area contributed by atoms with E-state index in [0.717, 1.165) is 28.1 Å². The predicted octanol–water partition coefficient (Wildman–Crippen LogP) is 4.86. The van der Waals surface area contributed by atoms with E-state index in [0.29, 0.717) is 16.3 Å². The molecule has 0 fully saturated rings. The highest BCUT2D eigenvalue weighted by atomic mass is 32.2. The third kappa shape index (κ3) is 6.16. The third-order valence-corrected chi connectivity index (χ3v) is 7.83. The number of benzene rings is 2. The van der Waals surface area contributed by atoms with Gasteiger partial charge < -0.3 is 19.9 Å². The van der Waals surface area contributed by atoms with Gasteiger partial charge in [0.25, 0.3) is 0 Å². The summed E-state index contributed by atoms with van der Waals surface area (Å²) in [4.78, 5) is 9.11. The second-order valence-electron chi connectivity index (χ2n) is 8.50. The third-order valence-electron chi connectivity index (χ3n) is 5.75. The molecule has 0 spiro atoms. The van der Waals surface area contributed by atoms with Crippen molar-refractivity contribution in [2.75, 3.05) is 26.1 Å². The molecule has 0 saturated heterocycles. The summed E-state index contributed by atoms with van der Waals surface area (Å²) in [6.07, 6.45) is 2.68. The maximum Gasteiger partial charge on any atom is 0.240 e. The van der Waals surface area contributed by atoms with E-state index in [2.05, 4.69) is 24.4 Å². The first-order chi connectivity index (χ1) is 17.8. The first kappa shape index (κ1) is 26.3. The van der Waals surface area contributed by atoms with Gasteiger partial charge in [0.15, 0.2) is 0 Å². The summed E-state index contributed by atoms with van der Waals surface area (Å²) in [5.41, 5.74) is 3.19. The van der Waals surface area contributed by atoms with Gasteiger partial charge in [-0.05, 0) is 67.9 Å². The van der Waals surface area contributed by atoms with Crippen LogP contribution in [0.3, 0.4) is 0 Å². The van der Waals surface area contributed by atoms with Crippen LogP contribution in [0.1, 0.15) is 25.5 Å². The molecule has 2 aromatic heterocycles. The molecule has 194 valence electrons. The van der Waals surface area contributed by atoms with Crippen molar-refractivity contribution in [3.05, 3.63) is 78.6 Å². The lowest BCUT2D eigenvalue weighted by Gasteiger charge is -2.17. The summed E-state index contributed by atoms with van der Waals surface area (Å²) >= 11 is 0. The lowest BCUT2D eigenvalue weighted by molar-refractivity contribution is 0.199. The Balaban J connectivity index is 1.64. The number of hydrogen-bond donors (Lipinski definition) is 3. The van der Waals surface area contributed by atoms with Crippen molar-refractivity contribution in [3.63, 3.8) is 0 Å². The second kappa shape index (κ2) is 11.5. The van der Waals surface area contributed by atoms with E-state index in [1.165, 1.54) is 0 Å². The van der Waals surface area contributed by atoms with Crippen molar-refractivity contribution in [1.82, 2.24) is 14.7 Å². The number of nitrogens with zero attached hydrogens (tertiary/aromatic N) is 3. The highest BCUT2D eigenvalue weighted by Crippen LogP contribution is 2.30. The molecule has 2 heterocycles. The fraction of sp³-hybridized carbons (Fsp3) is 0.259. The fourth-order valence-electron chi connectivity index (χ4n) is 3.77. The Kier molecular flexibility index (Phi) is 8.22. The zero-order chi connectivity index (χ0) is 26.4. The molecule has 0 bridgehead atoms. The van der Waals surface area contributed by atoms with Crippen LogP contribution >= 0.6 is 0 Å². The number of aliphatic hydroxyl groups excluding tert-OH is 1. The molecule has 0 aliphatic carbocycles. The zero-order valence-electron chi connectivity index (χ0n) is 21.2. The van der Waals surface area contributed by atoms with Crippen LogP contribution < -0.4 is 19.5 Å². The first-order valence-electron chi connectivity index (χ1n) is 11.8. The quantitative estimate of drug-likeness (QED) is 0.273. The van der Waals surface area contributed by atoms with Crippen molar-refractivity contribution in [2.24, 2.45) is 4.36 Å². The molecule has 4 aromatic rings. The monoisotopic (exact) mass is 521 g/mol. The minimum absolute atomic E-state index is 0.135. The van der Waals surface area contributed by atoms with Crippen molar-refractivity contribution < 1.29 is 18.8 Å². The minimum Gasteiger partial charge on any atom is -0.497 e. The number of pyridine rings is 2. The van der Waals surface area contributed by atoms with Gasteiger partial charge in [-0.2, -0.15) is 0 Å². The van der Waals surface area contributed by atoms with Crippen molar-refractivity contribution in [1.29, 1.82) is 0 Å². The second-order valence-corrected chi connectivity index (χ2v) is 10.5. The van der Waals surface area contributed by atoms with Crippen LogP contribution in [0.25, 0.3) is 10.9 Å². The molecule has 4 rings (SSSR count). The summed E-state index contributed by atoms with van der Waals surface area (Å²) in [6.45, 7) is 3.66. The summed E-state index contributed by atoms with van der Waals surface area (Å²) < 4.78 is 32.2. The van der Waals surface area contributed by atoms with Crippen molar-refractivity contribution in [2.45, 2.75) is 30.9 Å². The molecule has 10 heteroatoms. The van der Waals surface area contributed by atoms with E-state index in [-0.39, 0.29) is 12.6 Å². The van der Waals surface area contributed by atoms with Crippen LogP contribution in [0.2, 0.25) is 0 Å². The number of hydrogen-bond acceptors (Lipinski definition) is 8. The maximum absolute atomic E-state index is 14.1. The summed E-state index contributed by atoms with van der Waals surface area (Å²) in [5.74, 6) is 1.19. The molecule has 2 aromatic carbocycles. The van der Waals surface area contributed by atoms with Crippen LogP contribution in [0.5, 0.6) is 11.6 Å². The van der Waals surface area contributed by atoms with Gasteiger partial charge in [0, 0.05) is 35.7 Å². The molecule has 37 heavy (non-hydrogen) atoms. The molecule has 9 nitrogen and oxygen atoms in total. The van der Waals surface area contributed by atoms with Crippen LogP contribution in [0.4, 0.5) is 11.4 Å². The van der Waals surface area contributed by atoms with E-state index < -0.39 is 16.0 Å². The summed E-state index contributed by atoms with van der Waals surface area (Å²) in [7, 11) is 0.134. The van der Waals surface area contributed by atoms with Crippen LogP contribution in [0.15, 0.2) is 82.3 Å². The van der Waals surface area contributed by atoms with Gasteiger partial charge in [-0.3, -0.25) is 4.98 Å². The zero-order valence-corrected chi connectivity index (χ0v) is 22.0. The molecule has 0 radical (unpaired) electrons. The lowest BCUT2D eigenvalue weighted by Crippen LogP contribution is -2.31. The van der Waals surface area contributed by atoms with Gasteiger partial charge >= 0.3 is 0 Å². The number of nitrogens with one attached hydrogen (secondary N) is 2. The van der Waals surface area contributed by atoms with E-state index in [1.54, 1.807) is 45.7 Å². The summed E-state index contributed by atoms with van der Waals surface area (Å²) in [5, 5.41) is 14.1. The number of aromatic nitrogens is 2. The normalized spacial score (nSPS) is 14.4. The molecule has 1 unspecified atom stereocenters. The molecule has 0 amide bonds. The molecule has 0 aliphatic heterocycles. The number of rotatable bonds is 10. The van der Waals surface area contributed by atoms with Crippen LogP contribution in [0, 0.1) is 0 Å². The minimum atomic E-state index is -3.04. The van der Waals surface area contributed by atoms with Crippen molar-refractivity contribution >= 4 is 32.2 Å². The average molecular weight is 522 g/mol. The Morgan fingerprint density at radius 2 is 1.65 bits per heavy atom. The Hall–Kier alpha value is -3.73. The van der Waals surface area contributed by atoms with E-state index in [1.807, 2.05) is 55.5 Å². The van der Waals surface area contributed by atoms with Gasteiger partial charge in [-0.1, -0.05) is 12.1 Å². The Bertz CT molecular complexity index is 1470. The highest BCUT2D eigenvalue weighted by molar-refractivity contribution is 7.91. The first-order valence-corrected chi connectivity index (χ1v) is 13.3. The van der Waals surface area contributed by atoms with Crippen LogP contribution in [-0.2, 0) is 9.92 Å². The topological polar surface area (TPSA) is 118 Å². The number of ether oxygens (including phenoxy) is 2. The van der Waals surface area contributed by atoms with Gasteiger partial charge in [0.1, 0.15) is 21.2 Å². The molecule has 3 atom stereocenters. The van der Waals surface area contributed by atoms with Gasteiger partial charge in [-0.15, -0.1) is 0 Å². The van der Waals surface area contributed by atoms with E-state index in [4.69, 9.17) is 9.47 Å². The summed E-state index contributed by atoms with van der Waals surface area (Å²) in [6, 6.07) is 18.1. The molecule has 0 aliphatic rings. The standard InChI is InChI=1S/C27H31N5O4S/c1-18(33)17-30-37(34,32-19(2)20-5-9-22(35-3)10-6-20)23-11-7-21(8-12-23)31-25-14-16-28-26-24(25)13-15-29-27(26)36-4/h5-16,18-19,33H,17H2,1-4H3,(H,28,31)(H,30,32,34)/t18-,19-,37?/m1/s1. The number of methoxy groups -OCH3 is 2.